The molecule has 0 unspecified atom stereocenters. The zero-order valence-electron chi connectivity index (χ0n) is 14.2. The van der Waals surface area contributed by atoms with Gasteiger partial charge < -0.3 is 10.2 Å². The highest BCUT2D eigenvalue weighted by Gasteiger charge is 2.22. The van der Waals surface area contributed by atoms with Crippen molar-refractivity contribution in [3.05, 3.63) is 53.5 Å². The molecule has 0 radical (unpaired) electrons. The Kier molecular flexibility index (Phi) is 5.40. The number of amides is 1. The van der Waals surface area contributed by atoms with Crippen LogP contribution < -0.4 is 10.2 Å². The predicted molar refractivity (Wildman–Crippen MR) is 95.2 cm³/mol. The third-order valence-electron chi connectivity index (χ3n) is 4.53. The van der Waals surface area contributed by atoms with Gasteiger partial charge >= 0.3 is 0 Å². The van der Waals surface area contributed by atoms with Crippen molar-refractivity contribution < 1.29 is 4.79 Å². The van der Waals surface area contributed by atoms with Crippen LogP contribution in [0.3, 0.4) is 0 Å². The number of rotatable bonds is 4. The molecule has 1 N–H and O–H groups in total. The topological polar surface area (TPSA) is 106 Å². The van der Waals surface area contributed by atoms with Gasteiger partial charge in [0, 0.05) is 37.6 Å². The van der Waals surface area contributed by atoms with Crippen LogP contribution in [-0.4, -0.2) is 35.5 Å². The van der Waals surface area contributed by atoms with Crippen molar-refractivity contribution >= 4 is 11.7 Å². The van der Waals surface area contributed by atoms with E-state index in [4.69, 9.17) is 10.5 Å². The van der Waals surface area contributed by atoms with Crippen LogP contribution >= 0.6 is 0 Å². The lowest BCUT2D eigenvalue weighted by molar-refractivity contribution is 0.0945. The number of nitrogens with zero attached hydrogens (tertiary/aromatic N) is 5. The quantitative estimate of drug-likeness (QED) is 0.906. The van der Waals surface area contributed by atoms with Gasteiger partial charge in [0.05, 0.1) is 11.6 Å². The normalized spacial score (nSPS) is 14.3. The van der Waals surface area contributed by atoms with Gasteiger partial charge in [-0.1, -0.05) is 0 Å². The van der Waals surface area contributed by atoms with Crippen LogP contribution in [0.4, 0.5) is 5.82 Å². The molecule has 1 aliphatic heterocycles. The highest BCUT2D eigenvalue weighted by molar-refractivity contribution is 5.94. The number of hydrogen-bond acceptors (Lipinski definition) is 6. The van der Waals surface area contributed by atoms with E-state index >= 15 is 0 Å². The number of anilines is 1. The summed E-state index contributed by atoms with van der Waals surface area (Å²) in [6, 6.07) is 10.7. The largest absolute Gasteiger partial charge is 0.354 e. The Labute approximate surface area is 151 Å². The van der Waals surface area contributed by atoms with Gasteiger partial charge in [-0.3, -0.25) is 4.79 Å². The Morgan fingerprint density at radius 2 is 1.81 bits per heavy atom. The first-order chi connectivity index (χ1) is 12.7. The molecular weight excluding hydrogens is 328 g/mol. The Balaban J connectivity index is 1.50. The van der Waals surface area contributed by atoms with E-state index in [2.05, 4.69) is 26.3 Å². The molecule has 7 nitrogen and oxygen atoms in total. The number of benzene rings is 1. The summed E-state index contributed by atoms with van der Waals surface area (Å²) in [5, 5.41) is 20.9. The fraction of sp³-hybridized carbons (Fsp3) is 0.316. The monoisotopic (exact) mass is 346 g/mol. The maximum absolute atomic E-state index is 12.2. The molecule has 0 bridgehead atoms. The third-order valence-corrected chi connectivity index (χ3v) is 4.53. The van der Waals surface area contributed by atoms with Crippen LogP contribution in [0.15, 0.2) is 36.7 Å². The average Bonchev–Trinajstić information content (AvgIpc) is 2.72. The number of aromatic nitrogens is 2. The van der Waals surface area contributed by atoms with Crippen molar-refractivity contribution in [1.82, 2.24) is 15.3 Å². The summed E-state index contributed by atoms with van der Waals surface area (Å²) in [4.78, 5) is 22.6. The molecule has 2 heterocycles. The molecule has 7 heteroatoms. The smallest absolute Gasteiger partial charge is 0.251 e. The van der Waals surface area contributed by atoms with E-state index < -0.39 is 0 Å². The molecular formula is C19H18N6O. The van der Waals surface area contributed by atoms with Crippen molar-refractivity contribution in [2.24, 2.45) is 5.92 Å². The molecule has 1 fully saturated rings. The highest BCUT2D eigenvalue weighted by Crippen LogP contribution is 2.22. The Morgan fingerprint density at radius 1 is 1.12 bits per heavy atom. The molecule has 1 saturated heterocycles. The van der Waals surface area contributed by atoms with Crippen LogP contribution in [-0.2, 0) is 0 Å². The average molecular weight is 346 g/mol. The number of nitrogens with one attached hydrogen (secondary N) is 1. The first-order valence-electron chi connectivity index (χ1n) is 8.45. The Hall–Kier alpha value is -3.45. The molecule has 0 saturated carbocycles. The first kappa shape index (κ1) is 17.4. The molecule has 1 amide bonds. The number of carbonyl (C=O) groups is 1. The third kappa shape index (κ3) is 3.96. The second-order valence-corrected chi connectivity index (χ2v) is 6.17. The number of piperidine rings is 1. The van der Waals surface area contributed by atoms with E-state index in [1.807, 2.05) is 6.07 Å². The summed E-state index contributed by atoms with van der Waals surface area (Å²) in [6.07, 6.45) is 4.94. The molecule has 130 valence electrons. The molecule has 0 aliphatic carbocycles. The maximum Gasteiger partial charge on any atom is 0.251 e. The second-order valence-electron chi connectivity index (χ2n) is 6.17. The van der Waals surface area contributed by atoms with E-state index in [0.717, 1.165) is 25.9 Å². The number of carbonyl (C=O) groups excluding carboxylic acids is 1. The summed E-state index contributed by atoms with van der Waals surface area (Å²) in [5.41, 5.74) is 1.44. The van der Waals surface area contributed by atoms with E-state index in [-0.39, 0.29) is 5.91 Å². The molecule has 0 atom stereocenters. The molecule has 2 aromatic rings. The fourth-order valence-electron chi connectivity index (χ4n) is 3.03. The Morgan fingerprint density at radius 3 is 2.46 bits per heavy atom. The van der Waals surface area contributed by atoms with Gasteiger partial charge in [0.1, 0.15) is 6.07 Å². The molecule has 1 aliphatic rings. The van der Waals surface area contributed by atoms with E-state index in [1.54, 1.807) is 30.5 Å². The van der Waals surface area contributed by atoms with Crippen LogP contribution in [0.25, 0.3) is 0 Å². The summed E-state index contributed by atoms with van der Waals surface area (Å²) < 4.78 is 0. The summed E-state index contributed by atoms with van der Waals surface area (Å²) >= 11 is 0. The van der Waals surface area contributed by atoms with Gasteiger partial charge in [-0.15, -0.1) is 0 Å². The highest BCUT2D eigenvalue weighted by atomic mass is 16.1. The second kappa shape index (κ2) is 8.09. The summed E-state index contributed by atoms with van der Waals surface area (Å²) in [6.45, 7) is 2.17. The van der Waals surface area contributed by atoms with Crippen molar-refractivity contribution in [2.75, 3.05) is 24.5 Å². The molecule has 0 spiro atoms. The number of hydrogen-bond donors (Lipinski definition) is 1. The van der Waals surface area contributed by atoms with Gasteiger partial charge in [-0.2, -0.15) is 10.5 Å². The zero-order chi connectivity index (χ0) is 18.4. The predicted octanol–water partition coefficient (Wildman–Crippen LogP) is 1.87. The molecule has 3 rings (SSSR count). The van der Waals surface area contributed by atoms with Crippen LogP contribution in [0, 0.1) is 28.6 Å². The SMILES string of the molecule is N#Cc1ccc(C(=O)NCC2CCN(c3nccnc3C#N)CC2)cc1. The molecule has 26 heavy (non-hydrogen) atoms. The van der Waals surface area contributed by atoms with Crippen LogP contribution in [0.1, 0.15) is 34.5 Å². The summed E-state index contributed by atoms with van der Waals surface area (Å²) in [7, 11) is 0. The van der Waals surface area contributed by atoms with E-state index in [0.29, 0.717) is 35.1 Å². The minimum atomic E-state index is -0.127. The summed E-state index contributed by atoms with van der Waals surface area (Å²) in [5.74, 6) is 0.892. The lowest BCUT2D eigenvalue weighted by Gasteiger charge is -2.32. The minimum Gasteiger partial charge on any atom is -0.354 e. The zero-order valence-corrected chi connectivity index (χ0v) is 14.2. The van der Waals surface area contributed by atoms with Gasteiger partial charge in [0.25, 0.3) is 5.91 Å². The van der Waals surface area contributed by atoms with E-state index in [1.165, 1.54) is 6.20 Å². The van der Waals surface area contributed by atoms with Crippen molar-refractivity contribution in [3.8, 4) is 12.1 Å². The maximum atomic E-state index is 12.2. The van der Waals surface area contributed by atoms with Crippen molar-refractivity contribution in [3.63, 3.8) is 0 Å². The first-order valence-corrected chi connectivity index (χ1v) is 8.45. The van der Waals surface area contributed by atoms with Crippen LogP contribution in [0.5, 0.6) is 0 Å². The van der Waals surface area contributed by atoms with Crippen molar-refractivity contribution in [2.45, 2.75) is 12.8 Å². The van der Waals surface area contributed by atoms with Gasteiger partial charge in [0.15, 0.2) is 11.5 Å². The molecule has 1 aromatic heterocycles. The lowest BCUT2D eigenvalue weighted by atomic mass is 9.96. The standard InChI is InChI=1S/C19H18N6O/c20-11-14-1-3-16(4-2-14)19(26)24-13-15-5-9-25(10-6-15)18-17(12-21)22-7-8-23-18/h1-4,7-8,15H,5-6,9-10,13H2,(H,24,26). The lowest BCUT2D eigenvalue weighted by Crippen LogP contribution is -2.39. The van der Waals surface area contributed by atoms with E-state index in [9.17, 15) is 4.79 Å². The van der Waals surface area contributed by atoms with Gasteiger partial charge in [-0.05, 0) is 43.0 Å². The van der Waals surface area contributed by atoms with Gasteiger partial charge in [0.2, 0.25) is 0 Å². The molecule has 1 aromatic carbocycles. The Bertz CT molecular complexity index is 857. The van der Waals surface area contributed by atoms with Crippen LogP contribution in [0.2, 0.25) is 0 Å². The fourth-order valence-corrected chi connectivity index (χ4v) is 3.03. The van der Waals surface area contributed by atoms with Gasteiger partial charge in [-0.25, -0.2) is 9.97 Å². The minimum absolute atomic E-state index is 0.127. The van der Waals surface area contributed by atoms with Crippen molar-refractivity contribution in [1.29, 1.82) is 10.5 Å². The number of nitriles is 2.